The third-order valence-corrected chi connectivity index (χ3v) is 2.84. The molecular weight excluding hydrogens is 247 g/mol. The van der Waals surface area contributed by atoms with Gasteiger partial charge in [-0.15, -0.1) is 0 Å². The summed E-state index contributed by atoms with van der Waals surface area (Å²) >= 11 is 0. The quantitative estimate of drug-likeness (QED) is 0.786. The van der Waals surface area contributed by atoms with Gasteiger partial charge in [-0.05, 0) is 25.1 Å². The first kappa shape index (κ1) is 15.6. The predicted molar refractivity (Wildman–Crippen MR) is 69.9 cm³/mol. The van der Waals surface area contributed by atoms with Crippen molar-refractivity contribution in [1.82, 2.24) is 5.32 Å². The van der Waals surface area contributed by atoms with Gasteiger partial charge in [-0.3, -0.25) is 0 Å². The highest BCUT2D eigenvalue weighted by atomic mass is 19.1. The van der Waals surface area contributed by atoms with E-state index in [1.54, 1.807) is 14.0 Å². The number of halogens is 1. The fraction of sp³-hybridized carbons (Fsp3) is 0.500. The zero-order valence-corrected chi connectivity index (χ0v) is 11.2. The van der Waals surface area contributed by atoms with Crippen LogP contribution in [0, 0.1) is 17.1 Å². The van der Waals surface area contributed by atoms with Crippen LogP contribution in [-0.2, 0) is 11.3 Å². The molecule has 0 aromatic heterocycles. The highest BCUT2D eigenvalue weighted by Gasteiger charge is 2.19. The first-order valence-corrected chi connectivity index (χ1v) is 6.09. The minimum absolute atomic E-state index is 0.268. The summed E-state index contributed by atoms with van der Waals surface area (Å²) in [5.74, 6) is -0.358. The van der Waals surface area contributed by atoms with Crippen molar-refractivity contribution in [3.05, 3.63) is 35.1 Å². The molecule has 1 aromatic rings. The van der Waals surface area contributed by atoms with Crippen LogP contribution in [0.4, 0.5) is 4.39 Å². The summed E-state index contributed by atoms with van der Waals surface area (Å²) < 4.78 is 18.4. The Kier molecular flexibility index (Phi) is 5.90. The Balaban J connectivity index is 2.51. The molecule has 1 rings (SSSR count). The van der Waals surface area contributed by atoms with E-state index in [-0.39, 0.29) is 12.4 Å². The van der Waals surface area contributed by atoms with Crippen LogP contribution in [0.3, 0.4) is 0 Å². The van der Waals surface area contributed by atoms with Crippen LogP contribution in [-0.4, -0.2) is 31.0 Å². The van der Waals surface area contributed by atoms with Gasteiger partial charge in [0.15, 0.2) is 0 Å². The Morgan fingerprint density at radius 1 is 1.53 bits per heavy atom. The van der Waals surface area contributed by atoms with Crippen molar-refractivity contribution in [2.24, 2.45) is 0 Å². The molecule has 1 unspecified atom stereocenters. The molecule has 0 saturated heterocycles. The van der Waals surface area contributed by atoms with Gasteiger partial charge < -0.3 is 15.2 Å². The van der Waals surface area contributed by atoms with Crippen LogP contribution in [0.5, 0.6) is 0 Å². The molecule has 1 aromatic carbocycles. The topological polar surface area (TPSA) is 65.3 Å². The molecule has 0 bridgehead atoms. The smallest absolute Gasteiger partial charge is 0.127 e. The van der Waals surface area contributed by atoms with Crippen LogP contribution in [0.2, 0.25) is 0 Å². The Labute approximate surface area is 112 Å². The van der Waals surface area contributed by atoms with E-state index in [4.69, 9.17) is 10.00 Å². The molecule has 0 amide bonds. The van der Waals surface area contributed by atoms with Crippen molar-refractivity contribution in [1.29, 1.82) is 5.26 Å². The molecule has 0 saturated carbocycles. The van der Waals surface area contributed by atoms with Crippen molar-refractivity contribution < 1.29 is 14.2 Å². The lowest BCUT2D eigenvalue weighted by atomic mass is 10.0. The second kappa shape index (κ2) is 7.19. The van der Waals surface area contributed by atoms with Crippen molar-refractivity contribution in [2.75, 3.05) is 20.3 Å². The summed E-state index contributed by atoms with van der Waals surface area (Å²) in [7, 11) is 1.58. The molecule has 5 heteroatoms. The Bertz CT molecular complexity index is 455. The average Bonchev–Trinajstić information content (AvgIpc) is 2.38. The number of hydrogen-bond donors (Lipinski definition) is 2. The summed E-state index contributed by atoms with van der Waals surface area (Å²) in [6.07, 6.45) is 0.497. The second-order valence-electron chi connectivity index (χ2n) is 4.76. The van der Waals surface area contributed by atoms with Crippen molar-refractivity contribution in [3.8, 4) is 6.07 Å². The molecular formula is C14H19FN2O2. The van der Waals surface area contributed by atoms with E-state index in [1.165, 1.54) is 18.2 Å². The maximum absolute atomic E-state index is 13.5. The molecule has 4 nitrogen and oxygen atoms in total. The average molecular weight is 266 g/mol. The minimum atomic E-state index is -0.903. The van der Waals surface area contributed by atoms with E-state index < -0.39 is 5.60 Å². The van der Waals surface area contributed by atoms with E-state index >= 15 is 0 Å². The van der Waals surface area contributed by atoms with Crippen molar-refractivity contribution in [2.45, 2.75) is 25.5 Å². The van der Waals surface area contributed by atoms with Crippen LogP contribution in [0.25, 0.3) is 0 Å². The highest BCUT2D eigenvalue weighted by Crippen LogP contribution is 2.11. The normalized spacial score (nSPS) is 13.8. The predicted octanol–water partition coefficient (Wildman–Crippen LogP) is 1.57. The van der Waals surface area contributed by atoms with Gasteiger partial charge in [-0.25, -0.2) is 4.39 Å². The number of hydrogen-bond acceptors (Lipinski definition) is 4. The second-order valence-corrected chi connectivity index (χ2v) is 4.76. The number of nitrogens with one attached hydrogen (secondary N) is 1. The SMILES string of the molecule is COCCC(C)(O)CNCc1cc(C#N)ccc1F. The largest absolute Gasteiger partial charge is 0.389 e. The van der Waals surface area contributed by atoms with Gasteiger partial charge in [0, 0.05) is 38.8 Å². The molecule has 0 aliphatic heterocycles. The van der Waals surface area contributed by atoms with E-state index in [1.807, 2.05) is 6.07 Å². The summed E-state index contributed by atoms with van der Waals surface area (Å²) in [6.45, 7) is 2.76. The zero-order chi connectivity index (χ0) is 14.3. The van der Waals surface area contributed by atoms with E-state index in [0.717, 1.165) is 0 Å². The molecule has 1 atom stereocenters. The van der Waals surface area contributed by atoms with Crippen molar-refractivity contribution in [3.63, 3.8) is 0 Å². The maximum Gasteiger partial charge on any atom is 0.127 e. The first-order valence-electron chi connectivity index (χ1n) is 6.09. The van der Waals surface area contributed by atoms with Gasteiger partial charge in [-0.2, -0.15) is 5.26 Å². The molecule has 2 N–H and O–H groups in total. The van der Waals surface area contributed by atoms with Gasteiger partial charge in [0.2, 0.25) is 0 Å². The molecule has 0 aliphatic carbocycles. The summed E-state index contributed by atoms with van der Waals surface area (Å²) in [4.78, 5) is 0. The standard InChI is InChI=1S/C14H19FN2O2/c1-14(18,5-6-19-2)10-17-9-12-7-11(8-16)3-4-13(12)15/h3-4,7,17-18H,5-6,9-10H2,1-2H3. The number of rotatable bonds is 7. The number of methoxy groups -OCH3 is 1. The lowest BCUT2D eigenvalue weighted by Crippen LogP contribution is -2.38. The molecule has 0 spiro atoms. The maximum atomic E-state index is 13.5. The first-order chi connectivity index (χ1) is 8.98. The summed E-state index contributed by atoms with van der Waals surface area (Å²) in [5.41, 5.74) is -0.0646. The number of benzene rings is 1. The van der Waals surface area contributed by atoms with Gasteiger partial charge in [0.05, 0.1) is 17.2 Å². The molecule has 0 radical (unpaired) electrons. The fourth-order valence-corrected chi connectivity index (χ4v) is 1.66. The van der Waals surface area contributed by atoms with Gasteiger partial charge >= 0.3 is 0 Å². The van der Waals surface area contributed by atoms with E-state index in [0.29, 0.717) is 30.7 Å². The number of aliphatic hydroxyl groups is 1. The lowest BCUT2D eigenvalue weighted by molar-refractivity contribution is 0.0247. The monoisotopic (exact) mass is 266 g/mol. The van der Waals surface area contributed by atoms with Gasteiger partial charge in [0.1, 0.15) is 5.82 Å². The molecule has 0 heterocycles. The molecule has 19 heavy (non-hydrogen) atoms. The van der Waals surface area contributed by atoms with Crippen LogP contribution in [0.1, 0.15) is 24.5 Å². The summed E-state index contributed by atoms with van der Waals surface area (Å²) in [6, 6.07) is 6.19. The third-order valence-electron chi connectivity index (χ3n) is 2.84. The number of nitriles is 1. The third kappa shape index (κ3) is 5.35. The zero-order valence-electron chi connectivity index (χ0n) is 11.2. The van der Waals surface area contributed by atoms with Gasteiger partial charge in [0.25, 0.3) is 0 Å². The Morgan fingerprint density at radius 3 is 2.89 bits per heavy atom. The lowest BCUT2D eigenvalue weighted by Gasteiger charge is -2.23. The molecule has 0 aliphatic rings. The molecule has 0 fully saturated rings. The Hall–Kier alpha value is -1.48. The highest BCUT2D eigenvalue weighted by molar-refractivity contribution is 5.33. The fourth-order valence-electron chi connectivity index (χ4n) is 1.66. The van der Waals surface area contributed by atoms with E-state index in [2.05, 4.69) is 5.32 Å². The number of ether oxygens (including phenoxy) is 1. The van der Waals surface area contributed by atoms with Crippen molar-refractivity contribution >= 4 is 0 Å². The van der Waals surface area contributed by atoms with Crippen LogP contribution in [0.15, 0.2) is 18.2 Å². The Morgan fingerprint density at radius 2 is 2.26 bits per heavy atom. The summed E-state index contributed by atoms with van der Waals surface area (Å²) in [5, 5.41) is 21.8. The minimum Gasteiger partial charge on any atom is -0.389 e. The van der Waals surface area contributed by atoms with Crippen LogP contribution >= 0.6 is 0 Å². The van der Waals surface area contributed by atoms with Gasteiger partial charge in [-0.1, -0.05) is 0 Å². The van der Waals surface area contributed by atoms with Crippen LogP contribution < -0.4 is 5.32 Å². The van der Waals surface area contributed by atoms with E-state index in [9.17, 15) is 9.50 Å². The molecule has 104 valence electrons. The number of nitrogens with zero attached hydrogens (tertiary/aromatic N) is 1.